The van der Waals surface area contributed by atoms with E-state index in [9.17, 15) is 0 Å². The van der Waals surface area contributed by atoms with E-state index in [1.54, 1.807) is 0 Å². The Morgan fingerprint density at radius 1 is 1.29 bits per heavy atom. The molecular formula is C18H24N2O. The molecule has 0 fully saturated rings. The van der Waals surface area contributed by atoms with Crippen LogP contribution in [0.1, 0.15) is 32.9 Å². The molecule has 0 amide bonds. The minimum Gasteiger partial charge on any atom is -0.477 e. The third kappa shape index (κ3) is 4.57. The number of hydrogen-bond donors (Lipinski definition) is 1. The van der Waals surface area contributed by atoms with E-state index in [1.807, 2.05) is 24.3 Å². The zero-order chi connectivity index (χ0) is 15.3. The van der Waals surface area contributed by atoms with Gasteiger partial charge in [-0.2, -0.15) is 0 Å². The van der Waals surface area contributed by atoms with Gasteiger partial charge in [0.2, 0.25) is 5.88 Å². The van der Waals surface area contributed by atoms with Crippen LogP contribution in [-0.4, -0.2) is 17.1 Å². The number of nitrogens with zero attached hydrogens (tertiary/aromatic N) is 1. The van der Waals surface area contributed by atoms with Crippen LogP contribution < -0.4 is 10.1 Å². The summed E-state index contributed by atoms with van der Waals surface area (Å²) in [7, 11) is 0. The first kappa shape index (κ1) is 15.5. The number of pyridine rings is 1. The molecule has 21 heavy (non-hydrogen) atoms. The number of aromatic nitrogens is 1. The number of ether oxygens (including phenoxy) is 1. The summed E-state index contributed by atoms with van der Waals surface area (Å²) in [5, 5.41) is 5.68. The maximum absolute atomic E-state index is 5.82. The zero-order valence-electron chi connectivity index (χ0n) is 13.1. The molecule has 0 saturated carbocycles. The van der Waals surface area contributed by atoms with E-state index in [0.29, 0.717) is 12.5 Å². The third-order valence-corrected chi connectivity index (χ3v) is 3.12. The predicted molar refractivity (Wildman–Crippen MR) is 88.6 cm³/mol. The molecule has 1 N–H and O–H groups in total. The fraction of sp³-hybridized carbons (Fsp3) is 0.389. The van der Waals surface area contributed by atoms with Crippen LogP contribution in [0.3, 0.4) is 0 Å². The second kappa shape index (κ2) is 6.72. The average molecular weight is 284 g/mol. The van der Waals surface area contributed by atoms with Crippen molar-refractivity contribution >= 4 is 10.8 Å². The lowest BCUT2D eigenvalue weighted by molar-refractivity contribution is 0.315. The highest BCUT2D eigenvalue weighted by Gasteiger charge is 2.11. The normalized spacial score (nSPS) is 11.6. The van der Waals surface area contributed by atoms with Crippen LogP contribution in [0.2, 0.25) is 0 Å². The van der Waals surface area contributed by atoms with Crippen molar-refractivity contribution in [3.63, 3.8) is 0 Å². The summed E-state index contributed by atoms with van der Waals surface area (Å²) < 4.78 is 5.82. The van der Waals surface area contributed by atoms with Crippen LogP contribution >= 0.6 is 0 Å². The summed E-state index contributed by atoms with van der Waals surface area (Å²) >= 11 is 0. The van der Waals surface area contributed by atoms with E-state index in [0.717, 1.165) is 29.4 Å². The van der Waals surface area contributed by atoms with Crippen molar-refractivity contribution in [2.45, 2.75) is 39.3 Å². The lowest BCUT2D eigenvalue weighted by Crippen LogP contribution is -2.35. The minimum atomic E-state index is 0.0667. The van der Waals surface area contributed by atoms with Gasteiger partial charge < -0.3 is 10.1 Å². The third-order valence-electron chi connectivity index (χ3n) is 3.12. The number of fused-ring (bicyclic) bond motifs is 1. The average Bonchev–Trinajstić information content (AvgIpc) is 2.44. The van der Waals surface area contributed by atoms with Crippen molar-refractivity contribution < 1.29 is 4.74 Å². The highest BCUT2D eigenvalue weighted by atomic mass is 16.5. The number of benzene rings is 1. The molecule has 112 valence electrons. The largest absolute Gasteiger partial charge is 0.477 e. The molecule has 0 spiro atoms. The quantitative estimate of drug-likeness (QED) is 0.641. The Labute approximate surface area is 127 Å². The summed E-state index contributed by atoms with van der Waals surface area (Å²) in [5.74, 6) is 0.709. The molecule has 0 bridgehead atoms. The Hall–Kier alpha value is -1.87. The topological polar surface area (TPSA) is 34.1 Å². The molecule has 1 heterocycles. The zero-order valence-corrected chi connectivity index (χ0v) is 13.1. The molecular weight excluding hydrogens is 260 g/mol. The van der Waals surface area contributed by atoms with E-state index in [4.69, 9.17) is 4.74 Å². The summed E-state index contributed by atoms with van der Waals surface area (Å²) in [4.78, 5) is 4.66. The Morgan fingerprint density at radius 3 is 2.76 bits per heavy atom. The van der Waals surface area contributed by atoms with Gasteiger partial charge in [-0.1, -0.05) is 24.3 Å². The Morgan fingerprint density at radius 2 is 2.05 bits per heavy atom. The molecule has 0 radical (unpaired) electrons. The Balaban J connectivity index is 2.28. The van der Waals surface area contributed by atoms with Gasteiger partial charge >= 0.3 is 0 Å². The van der Waals surface area contributed by atoms with Gasteiger partial charge in [0, 0.05) is 17.5 Å². The molecule has 0 aliphatic carbocycles. The van der Waals surface area contributed by atoms with Crippen molar-refractivity contribution in [3.8, 4) is 5.88 Å². The van der Waals surface area contributed by atoms with E-state index in [2.05, 4.69) is 49.8 Å². The van der Waals surface area contributed by atoms with Crippen LogP contribution in [0, 0.1) is 0 Å². The number of rotatable bonds is 6. The monoisotopic (exact) mass is 284 g/mol. The van der Waals surface area contributed by atoms with E-state index in [-0.39, 0.29) is 5.54 Å². The molecule has 0 aliphatic rings. The first-order valence-electron chi connectivity index (χ1n) is 7.37. The molecule has 0 saturated heterocycles. The van der Waals surface area contributed by atoms with Gasteiger partial charge in [-0.05, 0) is 44.7 Å². The van der Waals surface area contributed by atoms with Gasteiger partial charge in [0.25, 0.3) is 0 Å². The molecule has 2 aromatic rings. The maximum atomic E-state index is 5.82. The molecule has 0 aliphatic heterocycles. The van der Waals surface area contributed by atoms with E-state index in [1.165, 1.54) is 0 Å². The number of nitrogens with one attached hydrogen (secondary N) is 1. The van der Waals surface area contributed by atoms with Crippen LogP contribution in [-0.2, 0) is 6.54 Å². The molecule has 1 aromatic heterocycles. The van der Waals surface area contributed by atoms with Crippen molar-refractivity contribution in [2.75, 3.05) is 6.61 Å². The Kier molecular flexibility index (Phi) is 4.97. The lowest BCUT2D eigenvalue weighted by Gasteiger charge is -2.20. The van der Waals surface area contributed by atoms with Crippen molar-refractivity contribution in [2.24, 2.45) is 0 Å². The summed E-state index contributed by atoms with van der Waals surface area (Å²) in [5.41, 5.74) is 1.06. The van der Waals surface area contributed by atoms with Crippen molar-refractivity contribution in [1.29, 1.82) is 0 Å². The minimum absolute atomic E-state index is 0.0667. The van der Waals surface area contributed by atoms with Gasteiger partial charge in [0.15, 0.2) is 0 Å². The van der Waals surface area contributed by atoms with E-state index < -0.39 is 0 Å². The van der Waals surface area contributed by atoms with Crippen LogP contribution in [0.4, 0.5) is 0 Å². The van der Waals surface area contributed by atoms with Crippen LogP contribution in [0.5, 0.6) is 5.88 Å². The van der Waals surface area contributed by atoms with Gasteiger partial charge in [-0.25, -0.2) is 4.98 Å². The number of hydrogen-bond acceptors (Lipinski definition) is 3. The van der Waals surface area contributed by atoms with Crippen LogP contribution in [0.15, 0.2) is 43.0 Å². The molecule has 1 aromatic carbocycles. The Bertz CT molecular complexity index is 614. The highest BCUT2D eigenvalue weighted by Crippen LogP contribution is 2.24. The smallest absolute Gasteiger partial charge is 0.221 e. The lowest BCUT2D eigenvalue weighted by atomic mass is 10.1. The molecule has 3 heteroatoms. The molecule has 0 atom stereocenters. The standard InChI is InChI=1S/C18H24N2O/c1-5-6-11-21-17-16-10-8-7-9-14(16)12-15(20-17)13-19-18(2,3)4/h5,7-10,12,19H,1,6,11,13H2,2-4H3. The van der Waals surface area contributed by atoms with Crippen LogP contribution in [0.25, 0.3) is 10.8 Å². The molecule has 3 nitrogen and oxygen atoms in total. The molecule has 0 unspecified atom stereocenters. The van der Waals surface area contributed by atoms with Gasteiger partial charge in [0.05, 0.1) is 12.3 Å². The predicted octanol–water partition coefficient (Wildman–Crippen LogP) is 4.08. The fourth-order valence-electron chi connectivity index (χ4n) is 2.02. The first-order chi connectivity index (χ1) is 9.99. The fourth-order valence-corrected chi connectivity index (χ4v) is 2.02. The van der Waals surface area contributed by atoms with Gasteiger partial charge in [0.1, 0.15) is 0 Å². The van der Waals surface area contributed by atoms with Gasteiger partial charge in [-0.3, -0.25) is 0 Å². The van der Waals surface area contributed by atoms with Gasteiger partial charge in [-0.15, -0.1) is 6.58 Å². The second-order valence-corrected chi connectivity index (χ2v) is 6.17. The van der Waals surface area contributed by atoms with Crippen molar-refractivity contribution in [3.05, 3.63) is 48.7 Å². The highest BCUT2D eigenvalue weighted by molar-refractivity contribution is 5.87. The summed E-state index contributed by atoms with van der Waals surface area (Å²) in [6.07, 6.45) is 2.67. The van der Waals surface area contributed by atoms with E-state index >= 15 is 0 Å². The summed E-state index contributed by atoms with van der Waals surface area (Å²) in [6.45, 7) is 11.5. The molecule has 2 rings (SSSR count). The first-order valence-corrected chi connectivity index (χ1v) is 7.37. The maximum Gasteiger partial charge on any atom is 0.221 e. The summed E-state index contributed by atoms with van der Waals surface area (Å²) in [6, 6.07) is 10.3. The SMILES string of the molecule is C=CCCOc1nc(CNC(C)(C)C)cc2ccccc12. The second-order valence-electron chi connectivity index (χ2n) is 6.17. The van der Waals surface area contributed by atoms with Crippen molar-refractivity contribution in [1.82, 2.24) is 10.3 Å².